The number of nitrogens with one attached hydrogen (secondary N) is 1. The number of hydrogen-bond donors (Lipinski definition) is 1. The first kappa shape index (κ1) is 15.4. The SMILES string of the molecule is CC(Nc1cc(F)ccc1Cl)c1cc(F)c(Cl)cc1Cl. The molecule has 1 nitrogen and oxygen atoms in total. The molecule has 0 heterocycles. The van der Waals surface area contributed by atoms with Crippen LogP contribution in [0.2, 0.25) is 15.1 Å². The van der Waals surface area contributed by atoms with Crippen molar-refractivity contribution >= 4 is 40.5 Å². The van der Waals surface area contributed by atoms with Crippen molar-refractivity contribution in [1.29, 1.82) is 0 Å². The van der Waals surface area contributed by atoms with Crippen LogP contribution in [0.25, 0.3) is 0 Å². The van der Waals surface area contributed by atoms with Crippen LogP contribution in [0.3, 0.4) is 0 Å². The quantitative estimate of drug-likeness (QED) is 0.668. The minimum Gasteiger partial charge on any atom is -0.377 e. The lowest BCUT2D eigenvalue weighted by Gasteiger charge is -2.18. The third kappa shape index (κ3) is 3.35. The maximum absolute atomic E-state index is 13.5. The fourth-order valence-corrected chi connectivity index (χ4v) is 2.51. The number of benzene rings is 2. The molecule has 1 atom stereocenters. The van der Waals surface area contributed by atoms with Crippen LogP contribution < -0.4 is 5.32 Å². The fourth-order valence-electron chi connectivity index (χ4n) is 1.79. The molecule has 0 saturated carbocycles. The molecule has 106 valence electrons. The van der Waals surface area contributed by atoms with Gasteiger partial charge in [-0.25, -0.2) is 8.78 Å². The second kappa shape index (κ2) is 6.17. The number of halogens is 5. The van der Waals surface area contributed by atoms with E-state index >= 15 is 0 Å². The van der Waals surface area contributed by atoms with Crippen LogP contribution in [0.15, 0.2) is 30.3 Å². The van der Waals surface area contributed by atoms with Crippen LogP contribution in [0.5, 0.6) is 0 Å². The molecule has 0 radical (unpaired) electrons. The Morgan fingerprint density at radius 2 is 1.65 bits per heavy atom. The first-order valence-electron chi connectivity index (χ1n) is 5.74. The van der Waals surface area contributed by atoms with Crippen molar-refractivity contribution in [1.82, 2.24) is 0 Å². The summed E-state index contributed by atoms with van der Waals surface area (Å²) in [4.78, 5) is 0. The second-order valence-corrected chi connectivity index (χ2v) is 5.50. The Labute approximate surface area is 130 Å². The maximum Gasteiger partial charge on any atom is 0.142 e. The molecule has 0 spiro atoms. The molecule has 6 heteroatoms. The molecule has 2 aromatic rings. The highest BCUT2D eigenvalue weighted by Gasteiger charge is 2.14. The van der Waals surface area contributed by atoms with Gasteiger partial charge >= 0.3 is 0 Å². The lowest BCUT2D eigenvalue weighted by atomic mass is 10.1. The van der Waals surface area contributed by atoms with Gasteiger partial charge in [-0.15, -0.1) is 0 Å². The average Bonchev–Trinajstić information content (AvgIpc) is 2.38. The van der Waals surface area contributed by atoms with Gasteiger partial charge in [-0.05, 0) is 42.8 Å². The van der Waals surface area contributed by atoms with Crippen molar-refractivity contribution in [2.45, 2.75) is 13.0 Å². The predicted octanol–water partition coefficient (Wildman–Crippen LogP) is 6.10. The smallest absolute Gasteiger partial charge is 0.142 e. The zero-order chi connectivity index (χ0) is 14.9. The third-order valence-electron chi connectivity index (χ3n) is 2.81. The molecule has 0 aromatic heterocycles. The van der Waals surface area contributed by atoms with Gasteiger partial charge in [-0.3, -0.25) is 0 Å². The highest BCUT2D eigenvalue weighted by molar-refractivity contribution is 6.35. The van der Waals surface area contributed by atoms with E-state index in [9.17, 15) is 8.78 Å². The standard InChI is InChI=1S/C14H10Cl3F2N/c1-7(9-5-13(19)12(17)6-11(9)16)20-14-4-8(18)2-3-10(14)15/h2-7,20H,1H3. The Kier molecular flexibility index (Phi) is 4.74. The van der Waals surface area contributed by atoms with E-state index in [0.29, 0.717) is 21.3 Å². The van der Waals surface area contributed by atoms with Gasteiger partial charge in [0.15, 0.2) is 0 Å². The first-order valence-corrected chi connectivity index (χ1v) is 6.88. The second-order valence-electron chi connectivity index (χ2n) is 4.28. The summed E-state index contributed by atoms with van der Waals surface area (Å²) in [5, 5.41) is 3.63. The van der Waals surface area contributed by atoms with Crippen LogP contribution in [0, 0.1) is 11.6 Å². The van der Waals surface area contributed by atoms with Crippen LogP contribution in [0.1, 0.15) is 18.5 Å². The molecule has 1 unspecified atom stereocenters. The van der Waals surface area contributed by atoms with Crippen LogP contribution in [-0.4, -0.2) is 0 Å². The van der Waals surface area contributed by atoms with Crippen molar-refractivity contribution in [3.63, 3.8) is 0 Å². The van der Waals surface area contributed by atoms with Crippen molar-refractivity contribution < 1.29 is 8.78 Å². The van der Waals surface area contributed by atoms with Crippen molar-refractivity contribution in [3.05, 3.63) is 62.6 Å². The Balaban J connectivity index is 2.30. The monoisotopic (exact) mass is 335 g/mol. The summed E-state index contributed by atoms with van der Waals surface area (Å²) in [6.07, 6.45) is 0. The molecule has 0 fully saturated rings. The molecule has 0 aliphatic heterocycles. The highest BCUT2D eigenvalue weighted by atomic mass is 35.5. The van der Waals surface area contributed by atoms with E-state index in [0.717, 1.165) is 0 Å². The van der Waals surface area contributed by atoms with Crippen molar-refractivity contribution in [2.24, 2.45) is 0 Å². The van der Waals surface area contributed by atoms with E-state index in [4.69, 9.17) is 34.8 Å². The lowest BCUT2D eigenvalue weighted by molar-refractivity contribution is 0.623. The zero-order valence-electron chi connectivity index (χ0n) is 10.4. The lowest BCUT2D eigenvalue weighted by Crippen LogP contribution is -2.08. The van der Waals surface area contributed by atoms with Gasteiger partial charge in [0.1, 0.15) is 11.6 Å². The molecule has 20 heavy (non-hydrogen) atoms. The Morgan fingerprint density at radius 3 is 2.35 bits per heavy atom. The molecule has 0 aliphatic rings. The number of rotatable bonds is 3. The van der Waals surface area contributed by atoms with Gasteiger partial charge in [0.2, 0.25) is 0 Å². The Morgan fingerprint density at radius 1 is 0.950 bits per heavy atom. The first-order chi connectivity index (χ1) is 9.38. The zero-order valence-corrected chi connectivity index (χ0v) is 12.6. The minimum atomic E-state index is -0.565. The van der Waals surface area contributed by atoms with E-state index in [-0.39, 0.29) is 11.1 Å². The summed E-state index contributed by atoms with van der Waals surface area (Å²) in [5.41, 5.74) is 0.916. The van der Waals surface area contributed by atoms with Gasteiger partial charge in [-0.2, -0.15) is 0 Å². The van der Waals surface area contributed by atoms with E-state index < -0.39 is 11.6 Å². The minimum absolute atomic E-state index is 0.0465. The van der Waals surface area contributed by atoms with Crippen molar-refractivity contribution in [2.75, 3.05) is 5.32 Å². The summed E-state index contributed by atoms with van der Waals surface area (Å²) >= 11 is 17.6. The van der Waals surface area contributed by atoms with Gasteiger partial charge < -0.3 is 5.32 Å². The number of anilines is 1. The summed E-state index contributed by atoms with van der Waals surface area (Å²) < 4.78 is 26.7. The summed E-state index contributed by atoms with van der Waals surface area (Å²) in [7, 11) is 0. The van der Waals surface area contributed by atoms with E-state index in [2.05, 4.69) is 5.32 Å². The summed E-state index contributed by atoms with van der Waals surface area (Å²) in [6.45, 7) is 1.76. The maximum atomic E-state index is 13.5. The molecule has 0 amide bonds. The molecule has 1 N–H and O–H groups in total. The van der Waals surface area contributed by atoms with Gasteiger partial charge in [-0.1, -0.05) is 34.8 Å². The molecule has 0 aliphatic carbocycles. The Bertz CT molecular complexity index is 647. The Hall–Kier alpha value is -1.03. The van der Waals surface area contributed by atoms with Crippen LogP contribution in [0.4, 0.5) is 14.5 Å². The topological polar surface area (TPSA) is 12.0 Å². The third-order valence-corrected chi connectivity index (χ3v) is 3.75. The average molecular weight is 337 g/mol. The fraction of sp³-hybridized carbons (Fsp3) is 0.143. The molecule has 2 aromatic carbocycles. The van der Waals surface area contributed by atoms with Gasteiger partial charge in [0.25, 0.3) is 0 Å². The van der Waals surface area contributed by atoms with Gasteiger partial charge in [0, 0.05) is 5.02 Å². The predicted molar refractivity (Wildman–Crippen MR) is 79.9 cm³/mol. The van der Waals surface area contributed by atoms with E-state index in [1.165, 1.54) is 30.3 Å². The largest absolute Gasteiger partial charge is 0.377 e. The number of hydrogen-bond acceptors (Lipinski definition) is 1. The van der Waals surface area contributed by atoms with Crippen LogP contribution in [-0.2, 0) is 0 Å². The molecule has 0 bridgehead atoms. The molecular formula is C14H10Cl3F2N. The van der Waals surface area contributed by atoms with Crippen LogP contribution >= 0.6 is 34.8 Å². The summed E-state index contributed by atoms with van der Waals surface area (Å²) in [5.74, 6) is -0.984. The van der Waals surface area contributed by atoms with E-state index in [1.807, 2.05) is 0 Å². The highest BCUT2D eigenvalue weighted by Crippen LogP contribution is 2.32. The van der Waals surface area contributed by atoms with Gasteiger partial charge in [0.05, 0.1) is 21.8 Å². The normalized spacial score (nSPS) is 12.3. The molecule has 2 rings (SSSR count). The molecule has 0 saturated heterocycles. The van der Waals surface area contributed by atoms with E-state index in [1.54, 1.807) is 6.92 Å². The van der Waals surface area contributed by atoms with Crippen molar-refractivity contribution in [3.8, 4) is 0 Å². The summed E-state index contributed by atoms with van der Waals surface area (Å²) in [6, 6.07) is 6.17. The molecular weight excluding hydrogens is 327 g/mol.